The molecule has 0 atom stereocenters. The zero-order valence-corrected chi connectivity index (χ0v) is 16.5. The van der Waals surface area contributed by atoms with E-state index >= 15 is 0 Å². The first-order valence-corrected chi connectivity index (χ1v) is 9.40. The van der Waals surface area contributed by atoms with Gasteiger partial charge in [-0.15, -0.1) is 5.10 Å². The highest BCUT2D eigenvalue weighted by Gasteiger charge is 2.21. The summed E-state index contributed by atoms with van der Waals surface area (Å²) in [6.07, 6.45) is 0.858. The van der Waals surface area contributed by atoms with E-state index in [9.17, 15) is 9.59 Å². The minimum Gasteiger partial charge on any atom is -0.454 e. The number of aromatic nitrogens is 4. The monoisotopic (exact) mass is 393 g/mol. The molecule has 1 amide bonds. The SMILES string of the molecule is CCCn1nnnc1COC(=O)c1ccccc1C(=O)N(C)Cc1ccccc1. The maximum absolute atomic E-state index is 12.9. The van der Waals surface area contributed by atoms with E-state index in [4.69, 9.17) is 4.74 Å². The minimum absolute atomic E-state index is 0.0613. The molecule has 29 heavy (non-hydrogen) atoms. The molecule has 3 rings (SSSR count). The Kier molecular flexibility index (Phi) is 6.67. The van der Waals surface area contributed by atoms with Crippen LogP contribution in [0.5, 0.6) is 0 Å². The van der Waals surface area contributed by atoms with Gasteiger partial charge in [-0.3, -0.25) is 4.79 Å². The second kappa shape index (κ2) is 9.59. The number of rotatable bonds is 8. The zero-order valence-electron chi connectivity index (χ0n) is 16.5. The average Bonchev–Trinajstić information content (AvgIpc) is 3.19. The fourth-order valence-electron chi connectivity index (χ4n) is 2.90. The standard InChI is InChI=1S/C21H23N5O3/c1-3-13-26-19(22-23-24-26)15-29-21(28)18-12-8-7-11-17(18)20(27)25(2)14-16-9-5-4-6-10-16/h4-12H,3,13-15H2,1-2H3. The third-order valence-electron chi connectivity index (χ3n) is 4.36. The number of nitrogens with zero attached hydrogens (tertiary/aromatic N) is 5. The summed E-state index contributed by atoms with van der Waals surface area (Å²) in [5.74, 6) is -0.379. The predicted octanol–water partition coefficient (Wildman–Crippen LogP) is 2.71. The molecule has 2 aromatic carbocycles. The van der Waals surface area contributed by atoms with Crippen molar-refractivity contribution in [2.75, 3.05) is 7.05 Å². The number of amides is 1. The number of carbonyl (C=O) groups excluding carboxylic acids is 2. The Morgan fingerprint density at radius 2 is 1.72 bits per heavy atom. The van der Waals surface area contributed by atoms with E-state index in [1.807, 2.05) is 37.3 Å². The third kappa shape index (κ3) is 5.04. The first-order valence-electron chi connectivity index (χ1n) is 9.40. The van der Waals surface area contributed by atoms with E-state index < -0.39 is 5.97 Å². The maximum Gasteiger partial charge on any atom is 0.339 e. The van der Waals surface area contributed by atoms with Gasteiger partial charge in [-0.2, -0.15) is 0 Å². The van der Waals surface area contributed by atoms with Crippen molar-refractivity contribution >= 4 is 11.9 Å². The number of benzene rings is 2. The molecule has 3 aromatic rings. The van der Waals surface area contributed by atoms with Crippen molar-refractivity contribution in [3.63, 3.8) is 0 Å². The summed E-state index contributed by atoms with van der Waals surface area (Å²) in [4.78, 5) is 27.1. The molecule has 150 valence electrons. The van der Waals surface area contributed by atoms with Gasteiger partial charge in [0.2, 0.25) is 0 Å². The molecule has 0 aliphatic heterocycles. The molecular weight excluding hydrogens is 370 g/mol. The van der Waals surface area contributed by atoms with Crippen LogP contribution in [0.3, 0.4) is 0 Å². The van der Waals surface area contributed by atoms with Crippen molar-refractivity contribution in [3.8, 4) is 0 Å². The average molecular weight is 393 g/mol. The normalized spacial score (nSPS) is 10.6. The molecule has 0 spiro atoms. The lowest BCUT2D eigenvalue weighted by molar-refractivity contribution is 0.0451. The van der Waals surface area contributed by atoms with E-state index in [0.29, 0.717) is 24.5 Å². The Morgan fingerprint density at radius 3 is 2.45 bits per heavy atom. The van der Waals surface area contributed by atoms with Gasteiger partial charge in [0.15, 0.2) is 12.4 Å². The van der Waals surface area contributed by atoms with Gasteiger partial charge in [-0.1, -0.05) is 49.4 Å². The summed E-state index contributed by atoms with van der Waals surface area (Å²) in [6.45, 7) is 3.02. The number of hydrogen-bond donors (Lipinski definition) is 0. The van der Waals surface area contributed by atoms with Crippen LogP contribution in [0.25, 0.3) is 0 Å². The van der Waals surface area contributed by atoms with E-state index in [1.165, 1.54) is 0 Å². The number of esters is 1. The molecule has 0 bridgehead atoms. The summed E-state index contributed by atoms with van der Waals surface area (Å²) in [5.41, 5.74) is 1.52. The van der Waals surface area contributed by atoms with Crippen molar-refractivity contribution in [2.45, 2.75) is 33.0 Å². The first-order chi connectivity index (χ1) is 14.1. The molecule has 0 aliphatic carbocycles. The van der Waals surface area contributed by atoms with Crippen molar-refractivity contribution in [1.82, 2.24) is 25.1 Å². The predicted molar refractivity (Wildman–Crippen MR) is 106 cm³/mol. The fraction of sp³-hybridized carbons (Fsp3) is 0.286. The van der Waals surface area contributed by atoms with Crippen LogP contribution >= 0.6 is 0 Å². The Bertz CT molecular complexity index is 971. The van der Waals surface area contributed by atoms with Crippen LogP contribution in [0.15, 0.2) is 54.6 Å². The summed E-state index contributed by atoms with van der Waals surface area (Å²) in [6, 6.07) is 16.3. The Balaban J connectivity index is 1.71. The second-order valence-corrected chi connectivity index (χ2v) is 6.59. The van der Waals surface area contributed by atoms with E-state index in [1.54, 1.807) is 40.9 Å². The van der Waals surface area contributed by atoms with E-state index in [0.717, 1.165) is 12.0 Å². The van der Waals surface area contributed by atoms with Crippen LogP contribution in [0, 0.1) is 0 Å². The Hall–Kier alpha value is -3.55. The molecular formula is C21H23N5O3. The van der Waals surface area contributed by atoms with Crippen LogP contribution in [0.2, 0.25) is 0 Å². The van der Waals surface area contributed by atoms with Crippen molar-refractivity contribution in [3.05, 3.63) is 77.1 Å². The summed E-state index contributed by atoms with van der Waals surface area (Å²) >= 11 is 0. The molecule has 8 nitrogen and oxygen atoms in total. The van der Waals surface area contributed by atoms with Gasteiger partial charge in [-0.05, 0) is 34.5 Å². The van der Waals surface area contributed by atoms with Gasteiger partial charge in [0, 0.05) is 20.1 Å². The van der Waals surface area contributed by atoms with Crippen molar-refractivity contribution in [2.24, 2.45) is 0 Å². The molecule has 0 fully saturated rings. The number of tetrazole rings is 1. The number of aryl methyl sites for hydroxylation is 1. The van der Waals surface area contributed by atoms with Crippen molar-refractivity contribution < 1.29 is 14.3 Å². The highest BCUT2D eigenvalue weighted by atomic mass is 16.5. The Labute approximate surface area is 169 Å². The molecule has 1 aromatic heterocycles. The smallest absolute Gasteiger partial charge is 0.339 e. The molecule has 1 heterocycles. The lowest BCUT2D eigenvalue weighted by atomic mass is 10.1. The van der Waals surface area contributed by atoms with Gasteiger partial charge >= 0.3 is 5.97 Å². The third-order valence-corrected chi connectivity index (χ3v) is 4.36. The number of carbonyl (C=O) groups is 2. The van der Waals surface area contributed by atoms with Gasteiger partial charge in [0.05, 0.1) is 11.1 Å². The van der Waals surface area contributed by atoms with Crippen LogP contribution < -0.4 is 0 Å². The fourth-order valence-corrected chi connectivity index (χ4v) is 2.90. The summed E-state index contributed by atoms with van der Waals surface area (Å²) in [7, 11) is 1.70. The molecule has 0 saturated carbocycles. The molecule has 0 radical (unpaired) electrons. The van der Waals surface area contributed by atoms with Crippen LogP contribution in [-0.4, -0.2) is 44.0 Å². The number of hydrogen-bond acceptors (Lipinski definition) is 6. The molecule has 0 aliphatic rings. The highest BCUT2D eigenvalue weighted by Crippen LogP contribution is 2.15. The molecule has 0 unspecified atom stereocenters. The lowest BCUT2D eigenvalue weighted by Crippen LogP contribution is -2.28. The first kappa shape index (κ1) is 20.2. The summed E-state index contributed by atoms with van der Waals surface area (Å²) < 4.78 is 6.97. The number of ether oxygens (including phenoxy) is 1. The largest absolute Gasteiger partial charge is 0.454 e. The Morgan fingerprint density at radius 1 is 1.03 bits per heavy atom. The molecule has 8 heteroatoms. The summed E-state index contributed by atoms with van der Waals surface area (Å²) in [5, 5.41) is 11.4. The molecule has 0 N–H and O–H groups in total. The van der Waals surface area contributed by atoms with Gasteiger partial charge in [0.25, 0.3) is 5.91 Å². The maximum atomic E-state index is 12.9. The van der Waals surface area contributed by atoms with E-state index in [2.05, 4.69) is 15.5 Å². The highest BCUT2D eigenvalue weighted by molar-refractivity contribution is 6.05. The quantitative estimate of drug-likeness (QED) is 0.547. The van der Waals surface area contributed by atoms with E-state index in [-0.39, 0.29) is 18.1 Å². The minimum atomic E-state index is -0.590. The second-order valence-electron chi connectivity index (χ2n) is 6.59. The zero-order chi connectivity index (χ0) is 20.6. The van der Waals surface area contributed by atoms with Crippen molar-refractivity contribution in [1.29, 1.82) is 0 Å². The van der Waals surface area contributed by atoms with Gasteiger partial charge in [-0.25, -0.2) is 9.48 Å². The topological polar surface area (TPSA) is 90.2 Å². The van der Waals surface area contributed by atoms with Crippen LogP contribution in [-0.2, 0) is 24.4 Å². The van der Waals surface area contributed by atoms with Gasteiger partial charge in [0.1, 0.15) is 0 Å². The van der Waals surface area contributed by atoms with Gasteiger partial charge < -0.3 is 9.64 Å². The lowest BCUT2D eigenvalue weighted by Gasteiger charge is -2.19. The van der Waals surface area contributed by atoms with Crippen LogP contribution in [0.4, 0.5) is 0 Å². The molecule has 0 saturated heterocycles. The van der Waals surface area contributed by atoms with Crippen LogP contribution in [0.1, 0.15) is 45.4 Å².